The van der Waals surface area contributed by atoms with Crippen molar-refractivity contribution >= 4 is 17.8 Å². The van der Waals surface area contributed by atoms with Crippen molar-refractivity contribution in [1.82, 2.24) is 15.1 Å². The van der Waals surface area contributed by atoms with Crippen LogP contribution < -0.4 is 5.32 Å². The second-order valence-electron chi connectivity index (χ2n) is 7.66. The van der Waals surface area contributed by atoms with Crippen LogP contribution in [-0.4, -0.2) is 47.3 Å². The summed E-state index contributed by atoms with van der Waals surface area (Å²) in [5, 5.41) is 2.77. The Labute approximate surface area is 154 Å². The molecule has 1 N–H and O–H groups in total. The Bertz CT molecular complexity index is 708. The zero-order valence-electron chi connectivity index (χ0n) is 15.7. The number of carbonyl (C=O) groups is 3. The standard InChI is InChI=1S/C20H27N3O3/c1-14(2)15-7-9-16(10-8-15)20(3)18(25)23(19(26)21-20)13-17(24)22-11-5-4-6-12-22/h7-10,14H,4-6,11-13H2,1-3H3,(H,21,26). The number of amides is 4. The third kappa shape index (κ3) is 3.32. The number of hydrogen-bond acceptors (Lipinski definition) is 3. The van der Waals surface area contributed by atoms with Crippen LogP contribution in [0, 0.1) is 0 Å². The van der Waals surface area contributed by atoms with E-state index in [4.69, 9.17) is 0 Å². The van der Waals surface area contributed by atoms with E-state index < -0.39 is 11.6 Å². The molecule has 0 bridgehead atoms. The van der Waals surface area contributed by atoms with Crippen molar-refractivity contribution in [3.05, 3.63) is 35.4 Å². The number of piperidine rings is 1. The lowest BCUT2D eigenvalue weighted by Crippen LogP contribution is -2.45. The van der Waals surface area contributed by atoms with Crippen LogP contribution in [0.3, 0.4) is 0 Å². The van der Waals surface area contributed by atoms with E-state index in [-0.39, 0.29) is 18.4 Å². The summed E-state index contributed by atoms with van der Waals surface area (Å²) in [4.78, 5) is 40.6. The number of benzene rings is 1. The largest absolute Gasteiger partial charge is 0.341 e. The van der Waals surface area contributed by atoms with Crippen molar-refractivity contribution in [2.75, 3.05) is 19.6 Å². The highest BCUT2D eigenvalue weighted by Gasteiger charge is 2.49. The van der Waals surface area contributed by atoms with Gasteiger partial charge in [-0.2, -0.15) is 0 Å². The first-order chi connectivity index (χ1) is 12.3. The number of rotatable bonds is 4. The zero-order chi connectivity index (χ0) is 18.9. The van der Waals surface area contributed by atoms with E-state index in [2.05, 4.69) is 19.2 Å². The highest BCUT2D eigenvalue weighted by Crippen LogP contribution is 2.30. The molecule has 4 amide bonds. The Morgan fingerprint density at radius 3 is 2.31 bits per heavy atom. The lowest BCUT2D eigenvalue weighted by Gasteiger charge is -2.28. The molecule has 0 aliphatic carbocycles. The van der Waals surface area contributed by atoms with Gasteiger partial charge in [0.1, 0.15) is 12.1 Å². The molecule has 26 heavy (non-hydrogen) atoms. The van der Waals surface area contributed by atoms with E-state index in [1.165, 1.54) is 5.56 Å². The van der Waals surface area contributed by atoms with Crippen molar-refractivity contribution in [2.24, 2.45) is 0 Å². The molecule has 6 nitrogen and oxygen atoms in total. The highest BCUT2D eigenvalue weighted by atomic mass is 16.2. The molecule has 0 spiro atoms. The third-order valence-electron chi connectivity index (χ3n) is 5.43. The summed E-state index contributed by atoms with van der Waals surface area (Å²) in [5.41, 5.74) is 0.772. The number of carbonyl (C=O) groups excluding carboxylic acids is 3. The fraction of sp³-hybridized carbons (Fsp3) is 0.550. The second-order valence-corrected chi connectivity index (χ2v) is 7.66. The number of nitrogens with zero attached hydrogens (tertiary/aromatic N) is 2. The van der Waals surface area contributed by atoms with Crippen LogP contribution in [-0.2, 0) is 15.1 Å². The smallest absolute Gasteiger partial charge is 0.325 e. The summed E-state index contributed by atoms with van der Waals surface area (Å²) in [7, 11) is 0. The molecule has 3 rings (SSSR count). The maximum absolute atomic E-state index is 12.9. The molecule has 140 valence electrons. The molecular formula is C20H27N3O3. The number of nitrogens with one attached hydrogen (secondary N) is 1. The normalized spacial score (nSPS) is 23.5. The third-order valence-corrected chi connectivity index (χ3v) is 5.43. The molecule has 0 radical (unpaired) electrons. The van der Waals surface area contributed by atoms with Gasteiger partial charge in [0.05, 0.1) is 0 Å². The molecule has 1 aromatic rings. The summed E-state index contributed by atoms with van der Waals surface area (Å²) in [5.74, 6) is -0.137. The van der Waals surface area contributed by atoms with Crippen LogP contribution in [0.4, 0.5) is 4.79 Å². The molecule has 1 unspecified atom stereocenters. The molecule has 2 heterocycles. The number of hydrogen-bond donors (Lipinski definition) is 1. The summed E-state index contributed by atoms with van der Waals surface area (Å²) in [6, 6.07) is 7.21. The molecule has 2 saturated heterocycles. The molecule has 1 atom stereocenters. The van der Waals surface area contributed by atoms with Gasteiger partial charge in [-0.05, 0) is 43.2 Å². The van der Waals surface area contributed by atoms with E-state index in [9.17, 15) is 14.4 Å². The van der Waals surface area contributed by atoms with Crippen molar-refractivity contribution in [3.63, 3.8) is 0 Å². The topological polar surface area (TPSA) is 69.7 Å². The molecule has 2 fully saturated rings. The van der Waals surface area contributed by atoms with Crippen LogP contribution in [0.15, 0.2) is 24.3 Å². The van der Waals surface area contributed by atoms with Gasteiger partial charge in [0, 0.05) is 13.1 Å². The molecule has 0 saturated carbocycles. The minimum atomic E-state index is -1.13. The van der Waals surface area contributed by atoms with Gasteiger partial charge >= 0.3 is 6.03 Å². The lowest BCUT2D eigenvalue weighted by atomic mass is 9.90. The van der Waals surface area contributed by atoms with Gasteiger partial charge in [-0.1, -0.05) is 38.1 Å². The van der Waals surface area contributed by atoms with Crippen molar-refractivity contribution in [3.8, 4) is 0 Å². The number of urea groups is 1. The molecule has 1 aromatic carbocycles. The Balaban J connectivity index is 1.75. The minimum absolute atomic E-state index is 0.160. The molecular weight excluding hydrogens is 330 g/mol. The van der Waals surface area contributed by atoms with Crippen LogP contribution in [0.2, 0.25) is 0 Å². The van der Waals surface area contributed by atoms with Gasteiger partial charge in [0.25, 0.3) is 5.91 Å². The SMILES string of the molecule is CC(C)c1ccc(C2(C)NC(=O)N(CC(=O)N3CCCCC3)C2=O)cc1. The predicted octanol–water partition coefficient (Wildman–Crippen LogP) is 2.59. The first-order valence-corrected chi connectivity index (χ1v) is 9.35. The monoisotopic (exact) mass is 357 g/mol. The van der Waals surface area contributed by atoms with E-state index in [0.717, 1.165) is 29.7 Å². The van der Waals surface area contributed by atoms with Gasteiger partial charge in [-0.15, -0.1) is 0 Å². The van der Waals surface area contributed by atoms with Crippen LogP contribution in [0.1, 0.15) is 57.1 Å². The van der Waals surface area contributed by atoms with E-state index in [0.29, 0.717) is 19.0 Å². The molecule has 2 aliphatic rings. The molecule has 6 heteroatoms. The minimum Gasteiger partial charge on any atom is -0.341 e. The van der Waals surface area contributed by atoms with Crippen LogP contribution in [0.25, 0.3) is 0 Å². The number of likely N-dealkylation sites (tertiary alicyclic amines) is 1. The quantitative estimate of drug-likeness (QED) is 0.842. The average Bonchev–Trinajstić information content (AvgIpc) is 2.86. The lowest BCUT2D eigenvalue weighted by molar-refractivity contribution is -0.139. The number of imide groups is 1. The fourth-order valence-electron chi connectivity index (χ4n) is 3.62. The van der Waals surface area contributed by atoms with Gasteiger partial charge in [0.2, 0.25) is 5.91 Å². The van der Waals surface area contributed by atoms with E-state index >= 15 is 0 Å². The average molecular weight is 357 g/mol. The first kappa shape index (κ1) is 18.4. The van der Waals surface area contributed by atoms with E-state index in [1.807, 2.05) is 24.3 Å². The summed E-state index contributed by atoms with van der Waals surface area (Å²) < 4.78 is 0. The highest BCUT2D eigenvalue weighted by molar-refractivity contribution is 6.09. The second kappa shape index (κ2) is 7.09. The van der Waals surface area contributed by atoms with Crippen molar-refractivity contribution in [1.29, 1.82) is 0 Å². The van der Waals surface area contributed by atoms with Gasteiger partial charge in [-0.3, -0.25) is 14.5 Å². The van der Waals surface area contributed by atoms with E-state index in [1.54, 1.807) is 11.8 Å². The summed E-state index contributed by atoms with van der Waals surface area (Å²) in [6.45, 7) is 7.13. The van der Waals surface area contributed by atoms with Crippen LogP contribution >= 0.6 is 0 Å². The van der Waals surface area contributed by atoms with Crippen LogP contribution in [0.5, 0.6) is 0 Å². The molecule has 2 aliphatic heterocycles. The fourth-order valence-corrected chi connectivity index (χ4v) is 3.62. The summed E-state index contributed by atoms with van der Waals surface area (Å²) in [6.07, 6.45) is 3.08. The Kier molecular flexibility index (Phi) is 5.03. The van der Waals surface area contributed by atoms with Gasteiger partial charge < -0.3 is 10.2 Å². The van der Waals surface area contributed by atoms with Crippen molar-refractivity contribution < 1.29 is 14.4 Å². The Morgan fingerprint density at radius 2 is 1.73 bits per heavy atom. The molecule has 0 aromatic heterocycles. The van der Waals surface area contributed by atoms with Crippen molar-refractivity contribution in [2.45, 2.75) is 51.5 Å². The van der Waals surface area contributed by atoms with Gasteiger partial charge in [0.15, 0.2) is 0 Å². The Hall–Kier alpha value is -2.37. The Morgan fingerprint density at radius 1 is 1.12 bits per heavy atom. The maximum Gasteiger partial charge on any atom is 0.325 e. The first-order valence-electron chi connectivity index (χ1n) is 9.35. The summed E-state index contributed by atoms with van der Waals surface area (Å²) >= 11 is 0. The zero-order valence-corrected chi connectivity index (χ0v) is 15.7. The predicted molar refractivity (Wildman–Crippen MR) is 98.6 cm³/mol. The maximum atomic E-state index is 12.9. The van der Waals surface area contributed by atoms with Gasteiger partial charge in [-0.25, -0.2) is 4.79 Å².